The second kappa shape index (κ2) is 5.19. The molecule has 0 aliphatic rings. The fourth-order valence-corrected chi connectivity index (χ4v) is 1.15. The van der Waals surface area contributed by atoms with Crippen molar-refractivity contribution >= 4 is 17.8 Å². The van der Waals surface area contributed by atoms with E-state index in [0.29, 0.717) is 5.03 Å². The maximum Gasteiger partial charge on any atom is 0.0689 e. The fraction of sp³-hybridized carbons (Fsp3) is 0.625. The van der Waals surface area contributed by atoms with Gasteiger partial charge in [-0.05, 0) is 20.8 Å². The SMILES string of the molecule is CCN(CC)/C(C=N)=C(\C)Cl. The summed E-state index contributed by atoms with van der Waals surface area (Å²) >= 11 is 5.78. The summed E-state index contributed by atoms with van der Waals surface area (Å²) in [6.07, 6.45) is 1.30. The summed E-state index contributed by atoms with van der Waals surface area (Å²) in [5.41, 5.74) is 0.816. The van der Waals surface area contributed by atoms with Crippen molar-refractivity contribution in [1.29, 1.82) is 5.41 Å². The van der Waals surface area contributed by atoms with Crippen LogP contribution in [-0.2, 0) is 0 Å². The molecule has 0 amide bonds. The van der Waals surface area contributed by atoms with E-state index in [2.05, 4.69) is 4.90 Å². The normalized spacial score (nSPS) is 12.4. The fourth-order valence-electron chi connectivity index (χ4n) is 0.973. The summed E-state index contributed by atoms with van der Waals surface area (Å²) in [7, 11) is 0. The first-order valence-electron chi connectivity index (χ1n) is 3.79. The Labute approximate surface area is 73.4 Å². The molecule has 0 heterocycles. The molecule has 64 valence electrons. The first kappa shape index (κ1) is 10.5. The molecular formula is C8H15ClN2. The molecule has 0 spiro atoms. The van der Waals surface area contributed by atoms with Crippen LogP contribution in [0.5, 0.6) is 0 Å². The molecule has 1 N–H and O–H groups in total. The predicted octanol–water partition coefficient (Wildman–Crippen LogP) is 2.45. The van der Waals surface area contributed by atoms with Crippen molar-refractivity contribution in [2.24, 2.45) is 0 Å². The molecule has 0 saturated heterocycles. The van der Waals surface area contributed by atoms with Gasteiger partial charge in [-0.25, -0.2) is 0 Å². The first-order chi connectivity index (χ1) is 5.17. The van der Waals surface area contributed by atoms with E-state index in [4.69, 9.17) is 17.0 Å². The van der Waals surface area contributed by atoms with Gasteiger partial charge in [-0.1, -0.05) is 11.6 Å². The number of allylic oxidation sites excluding steroid dienone is 2. The Morgan fingerprint density at radius 2 is 1.91 bits per heavy atom. The van der Waals surface area contributed by atoms with Gasteiger partial charge in [0, 0.05) is 24.3 Å². The van der Waals surface area contributed by atoms with Crippen molar-refractivity contribution in [1.82, 2.24) is 4.90 Å². The van der Waals surface area contributed by atoms with Gasteiger partial charge in [0.25, 0.3) is 0 Å². The van der Waals surface area contributed by atoms with E-state index in [1.807, 2.05) is 13.8 Å². The number of nitrogens with zero attached hydrogens (tertiary/aromatic N) is 1. The Balaban J connectivity index is 4.48. The van der Waals surface area contributed by atoms with Crippen LogP contribution in [0.2, 0.25) is 0 Å². The van der Waals surface area contributed by atoms with Crippen LogP contribution in [0.3, 0.4) is 0 Å². The average Bonchev–Trinajstić information content (AvgIpc) is 1.99. The Hall–Kier alpha value is -0.500. The Kier molecular flexibility index (Phi) is 4.95. The molecule has 0 aliphatic carbocycles. The number of rotatable bonds is 4. The number of hydrogen-bond acceptors (Lipinski definition) is 2. The molecule has 0 fully saturated rings. The van der Waals surface area contributed by atoms with E-state index in [-0.39, 0.29) is 0 Å². The minimum absolute atomic E-state index is 0.684. The van der Waals surface area contributed by atoms with Gasteiger partial charge in [0.1, 0.15) is 0 Å². The summed E-state index contributed by atoms with van der Waals surface area (Å²) in [5, 5.41) is 7.80. The lowest BCUT2D eigenvalue weighted by atomic mass is 10.3. The summed E-state index contributed by atoms with van der Waals surface area (Å²) < 4.78 is 0. The Morgan fingerprint density at radius 1 is 1.45 bits per heavy atom. The van der Waals surface area contributed by atoms with Crippen LogP contribution in [0.4, 0.5) is 0 Å². The Morgan fingerprint density at radius 3 is 2.00 bits per heavy atom. The van der Waals surface area contributed by atoms with Gasteiger partial charge in [-0.15, -0.1) is 0 Å². The molecule has 0 aromatic heterocycles. The van der Waals surface area contributed by atoms with Crippen molar-refractivity contribution < 1.29 is 0 Å². The molecule has 0 aliphatic heterocycles. The highest BCUT2D eigenvalue weighted by Crippen LogP contribution is 2.10. The molecule has 0 atom stereocenters. The summed E-state index contributed by atoms with van der Waals surface area (Å²) in [4.78, 5) is 2.05. The third-order valence-corrected chi connectivity index (χ3v) is 1.79. The molecule has 0 saturated carbocycles. The van der Waals surface area contributed by atoms with E-state index in [1.165, 1.54) is 6.21 Å². The van der Waals surface area contributed by atoms with Crippen molar-refractivity contribution in [3.8, 4) is 0 Å². The van der Waals surface area contributed by atoms with Crippen LogP contribution >= 0.6 is 11.6 Å². The van der Waals surface area contributed by atoms with Gasteiger partial charge in [-0.2, -0.15) is 0 Å². The van der Waals surface area contributed by atoms with Gasteiger partial charge in [-0.3, -0.25) is 0 Å². The van der Waals surface area contributed by atoms with Crippen LogP contribution in [-0.4, -0.2) is 24.2 Å². The van der Waals surface area contributed by atoms with Crippen LogP contribution < -0.4 is 0 Å². The van der Waals surface area contributed by atoms with Gasteiger partial charge < -0.3 is 10.3 Å². The monoisotopic (exact) mass is 174 g/mol. The highest BCUT2D eigenvalue weighted by atomic mass is 35.5. The van der Waals surface area contributed by atoms with E-state index in [0.717, 1.165) is 18.8 Å². The zero-order chi connectivity index (χ0) is 8.85. The molecule has 0 rings (SSSR count). The quantitative estimate of drug-likeness (QED) is 0.652. The molecule has 0 unspecified atom stereocenters. The second-order valence-corrected chi connectivity index (χ2v) is 2.80. The van der Waals surface area contributed by atoms with Gasteiger partial charge in [0.2, 0.25) is 0 Å². The molecule has 0 radical (unpaired) electrons. The van der Waals surface area contributed by atoms with Crippen molar-refractivity contribution in [3.63, 3.8) is 0 Å². The van der Waals surface area contributed by atoms with Crippen molar-refractivity contribution in [2.75, 3.05) is 13.1 Å². The lowest BCUT2D eigenvalue weighted by Crippen LogP contribution is -2.23. The van der Waals surface area contributed by atoms with Gasteiger partial charge >= 0.3 is 0 Å². The zero-order valence-corrected chi connectivity index (χ0v) is 8.07. The minimum Gasteiger partial charge on any atom is -0.370 e. The maximum atomic E-state index is 7.12. The topological polar surface area (TPSA) is 27.1 Å². The highest BCUT2D eigenvalue weighted by molar-refractivity contribution is 6.30. The lowest BCUT2D eigenvalue weighted by Gasteiger charge is -2.21. The van der Waals surface area contributed by atoms with Crippen LogP contribution in [0.1, 0.15) is 20.8 Å². The number of nitrogens with one attached hydrogen (secondary N) is 1. The summed E-state index contributed by atoms with van der Waals surface area (Å²) in [6, 6.07) is 0. The van der Waals surface area contributed by atoms with Crippen molar-refractivity contribution in [2.45, 2.75) is 20.8 Å². The predicted molar refractivity (Wildman–Crippen MR) is 50.3 cm³/mol. The third-order valence-electron chi connectivity index (χ3n) is 1.59. The second-order valence-electron chi connectivity index (χ2n) is 2.24. The minimum atomic E-state index is 0.684. The van der Waals surface area contributed by atoms with E-state index in [1.54, 1.807) is 6.92 Å². The van der Waals surface area contributed by atoms with Gasteiger partial charge in [0.05, 0.1) is 5.70 Å². The van der Waals surface area contributed by atoms with Crippen LogP contribution in [0.25, 0.3) is 0 Å². The molecule has 0 bridgehead atoms. The van der Waals surface area contributed by atoms with Crippen LogP contribution in [0.15, 0.2) is 10.7 Å². The van der Waals surface area contributed by atoms with E-state index in [9.17, 15) is 0 Å². The first-order valence-corrected chi connectivity index (χ1v) is 4.16. The third kappa shape index (κ3) is 2.93. The zero-order valence-electron chi connectivity index (χ0n) is 7.32. The van der Waals surface area contributed by atoms with Crippen LogP contribution in [0, 0.1) is 5.41 Å². The molecule has 0 aromatic carbocycles. The number of halogens is 1. The molecule has 2 nitrogen and oxygen atoms in total. The highest BCUT2D eigenvalue weighted by Gasteiger charge is 2.04. The molecule has 11 heavy (non-hydrogen) atoms. The smallest absolute Gasteiger partial charge is 0.0689 e. The summed E-state index contributed by atoms with van der Waals surface area (Å²) in [6.45, 7) is 7.69. The molecule has 0 aromatic rings. The Bertz CT molecular complexity index is 155. The standard InChI is InChI=1S/C8H15ClN2/c1-4-11(5-2)8(6-10)7(3)9/h6,10H,4-5H2,1-3H3/b8-7+,10-6?. The van der Waals surface area contributed by atoms with Crippen molar-refractivity contribution in [3.05, 3.63) is 10.7 Å². The largest absolute Gasteiger partial charge is 0.370 e. The maximum absolute atomic E-state index is 7.12. The van der Waals surface area contributed by atoms with E-state index < -0.39 is 0 Å². The molecule has 3 heteroatoms. The van der Waals surface area contributed by atoms with Gasteiger partial charge in [0.15, 0.2) is 0 Å². The number of hydrogen-bond donors (Lipinski definition) is 1. The lowest BCUT2D eigenvalue weighted by molar-refractivity contribution is 0.401. The molecular weight excluding hydrogens is 160 g/mol. The summed E-state index contributed by atoms with van der Waals surface area (Å²) in [5.74, 6) is 0. The van der Waals surface area contributed by atoms with E-state index >= 15 is 0 Å². The average molecular weight is 175 g/mol.